The van der Waals surface area contributed by atoms with Crippen LogP contribution in [0.1, 0.15) is 23.7 Å². The van der Waals surface area contributed by atoms with Crippen molar-refractivity contribution in [1.82, 2.24) is 14.8 Å². The minimum atomic E-state index is -1.02. The van der Waals surface area contributed by atoms with E-state index >= 15 is 0 Å². The van der Waals surface area contributed by atoms with Gasteiger partial charge in [-0.25, -0.2) is 0 Å². The summed E-state index contributed by atoms with van der Waals surface area (Å²) < 4.78 is 0. The molecular weight excluding hydrogens is 350 g/mol. The molecule has 3 aromatic rings. The number of fused-ring (bicyclic) bond motifs is 5. The molecule has 1 N–H and O–H groups in total. The molecule has 0 saturated carbocycles. The van der Waals surface area contributed by atoms with Crippen molar-refractivity contribution < 1.29 is 9.59 Å². The Morgan fingerprint density at radius 1 is 1.07 bits per heavy atom. The second kappa shape index (κ2) is 5.96. The van der Waals surface area contributed by atoms with Crippen molar-refractivity contribution in [2.24, 2.45) is 0 Å². The summed E-state index contributed by atoms with van der Waals surface area (Å²) in [6.07, 6.45) is 1.22. The van der Waals surface area contributed by atoms with Crippen LogP contribution >= 0.6 is 0 Å². The molecule has 1 unspecified atom stereocenters. The molecule has 0 aliphatic carbocycles. The Balaban J connectivity index is 1.79. The van der Waals surface area contributed by atoms with Crippen LogP contribution in [0.4, 0.5) is 0 Å². The third-order valence-corrected chi connectivity index (χ3v) is 6.45. The maximum atomic E-state index is 13.8. The summed E-state index contributed by atoms with van der Waals surface area (Å²) in [5.74, 6) is -0.00158. The highest BCUT2D eigenvalue weighted by Crippen LogP contribution is 2.45. The lowest BCUT2D eigenvalue weighted by atomic mass is 9.76. The smallest absolute Gasteiger partial charge is 0.255 e. The number of para-hydroxylation sites is 1. The zero-order valence-corrected chi connectivity index (χ0v) is 16.1. The van der Waals surface area contributed by atoms with Gasteiger partial charge in [0.1, 0.15) is 6.04 Å². The maximum Gasteiger partial charge on any atom is 0.255 e. The molecule has 5 nitrogen and oxygen atoms in total. The van der Waals surface area contributed by atoms with Gasteiger partial charge in [0, 0.05) is 30.9 Å². The van der Waals surface area contributed by atoms with Gasteiger partial charge < -0.3 is 14.8 Å². The van der Waals surface area contributed by atoms with Gasteiger partial charge in [-0.05, 0) is 30.5 Å². The number of hydrogen-bond acceptors (Lipinski definition) is 2. The lowest BCUT2D eigenvalue weighted by Gasteiger charge is -2.52. The van der Waals surface area contributed by atoms with Crippen LogP contribution < -0.4 is 0 Å². The van der Waals surface area contributed by atoms with Crippen LogP contribution in [0.5, 0.6) is 0 Å². The molecule has 1 saturated heterocycles. The molecular formula is C23H23N3O2. The first-order valence-corrected chi connectivity index (χ1v) is 9.77. The first-order chi connectivity index (χ1) is 13.5. The molecule has 2 aliphatic rings. The van der Waals surface area contributed by atoms with Crippen LogP contribution in [-0.2, 0) is 28.0 Å². The predicted octanol–water partition coefficient (Wildman–Crippen LogP) is 2.85. The number of aromatic amines is 1. The highest BCUT2D eigenvalue weighted by molar-refractivity contribution is 6.02. The van der Waals surface area contributed by atoms with E-state index in [0.717, 1.165) is 34.1 Å². The van der Waals surface area contributed by atoms with E-state index in [2.05, 4.69) is 11.1 Å². The summed E-state index contributed by atoms with van der Waals surface area (Å²) in [7, 11) is 1.74. The Morgan fingerprint density at radius 2 is 1.79 bits per heavy atom. The normalized spacial score (nSPS) is 24.4. The Labute approximate surface area is 163 Å². The number of carbonyl (C=O) groups is 2. The van der Waals surface area contributed by atoms with E-state index in [9.17, 15) is 9.59 Å². The van der Waals surface area contributed by atoms with Crippen molar-refractivity contribution in [3.8, 4) is 0 Å². The predicted molar refractivity (Wildman–Crippen MR) is 108 cm³/mol. The van der Waals surface area contributed by atoms with Crippen molar-refractivity contribution in [3.05, 3.63) is 71.4 Å². The van der Waals surface area contributed by atoms with Gasteiger partial charge in [-0.3, -0.25) is 9.59 Å². The van der Waals surface area contributed by atoms with Crippen LogP contribution in [0.25, 0.3) is 10.9 Å². The number of H-pyrrole nitrogens is 1. The van der Waals surface area contributed by atoms with Crippen LogP contribution in [-0.4, -0.2) is 46.2 Å². The van der Waals surface area contributed by atoms with Crippen molar-refractivity contribution in [2.75, 3.05) is 13.6 Å². The molecule has 5 rings (SSSR count). The zero-order chi connectivity index (χ0) is 19.5. The van der Waals surface area contributed by atoms with E-state index < -0.39 is 11.6 Å². The fourth-order valence-corrected chi connectivity index (χ4v) is 4.89. The first kappa shape index (κ1) is 17.0. The van der Waals surface area contributed by atoms with Gasteiger partial charge in [0.15, 0.2) is 5.54 Å². The van der Waals surface area contributed by atoms with Crippen LogP contribution in [0.2, 0.25) is 0 Å². The molecule has 28 heavy (non-hydrogen) atoms. The molecule has 5 heteroatoms. The van der Waals surface area contributed by atoms with Gasteiger partial charge in [0.05, 0.1) is 5.69 Å². The average Bonchev–Trinajstić information content (AvgIpc) is 3.11. The highest BCUT2D eigenvalue weighted by Gasteiger charge is 2.58. The molecule has 2 amide bonds. The number of piperazine rings is 1. The zero-order valence-electron chi connectivity index (χ0n) is 16.1. The molecule has 0 radical (unpaired) electrons. The summed E-state index contributed by atoms with van der Waals surface area (Å²) in [6, 6.07) is 17.7. The van der Waals surface area contributed by atoms with Gasteiger partial charge >= 0.3 is 0 Å². The van der Waals surface area contributed by atoms with Crippen LogP contribution in [0, 0.1) is 0 Å². The number of carbonyl (C=O) groups excluding carboxylic acids is 2. The summed E-state index contributed by atoms with van der Waals surface area (Å²) >= 11 is 0. The summed E-state index contributed by atoms with van der Waals surface area (Å²) in [6.45, 7) is 2.37. The van der Waals surface area contributed by atoms with E-state index in [-0.39, 0.29) is 11.8 Å². The second-order valence-corrected chi connectivity index (χ2v) is 7.88. The molecule has 0 spiro atoms. The third kappa shape index (κ3) is 2.13. The third-order valence-electron chi connectivity index (χ3n) is 6.45. The van der Waals surface area contributed by atoms with Crippen molar-refractivity contribution in [3.63, 3.8) is 0 Å². The van der Waals surface area contributed by atoms with E-state index in [1.165, 1.54) is 0 Å². The highest BCUT2D eigenvalue weighted by atomic mass is 16.2. The Bertz CT molecular complexity index is 1090. The lowest BCUT2D eigenvalue weighted by molar-refractivity contribution is -0.171. The Hall–Kier alpha value is -3.08. The lowest BCUT2D eigenvalue weighted by Crippen LogP contribution is -2.70. The first-order valence-electron chi connectivity index (χ1n) is 9.77. The van der Waals surface area contributed by atoms with E-state index in [1.807, 2.05) is 60.4 Å². The SMILES string of the molecule is C[C@H]1C(=O)N2CCc3c([nH]c4ccccc34)C2(Cc2ccccc2)C(=O)N1C. The van der Waals surface area contributed by atoms with Gasteiger partial charge in [0.25, 0.3) is 5.91 Å². The van der Waals surface area contributed by atoms with Crippen LogP contribution in [0.15, 0.2) is 54.6 Å². The number of rotatable bonds is 2. The van der Waals surface area contributed by atoms with Crippen molar-refractivity contribution in [2.45, 2.75) is 31.3 Å². The second-order valence-electron chi connectivity index (χ2n) is 7.88. The van der Waals surface area contributed by atoms with Gasteiger partial charge in [-0.15, -0.1) is 0 Å². The van der Waals surface area contributed by atoms with Crippen molar-refractivity contribution >= 4 is 22.7 Å². The topological polar surface area (TPSA) is 56.4 Å². The molecule has 0 bridgehead atoms. The summed E-state index contributed by atoms with van der Waals surface area (Å²) in [5.41, 5.74) is 3.07. The summed E-state index contributed by atoms with van der Waals surface area (Å²) in [4.78, 5) is 34.0. The Kier molecular flexibility index (Phi) is 3.63. The fourth-order valence-electron chi connectivity index (χ4n) is 4.89. The number of hydrogen-bond donors (Lipinski definition) is 1. The molecule has 142 valence electrons. The van der Waals surface area contributed by atoms with E-state index in [0.29, 0.717) is 13.0 Å². The number of aromatic nitrogens is 1. The molecule has 1 aromatic heterocycles. The standard InChI is InChI=1S/C23H23N3O2/c1-15-21(27)26-13-12-18-17-10-6-7-11-19(17)24-20(18)23(26,22(28)25(15)2)14-16-8-4-3-5-9-16/h3-11,15,24H,12-14H2,1-2H3/t15-,23?/m0/s1. The molecule has 1 fully saturated rings. The maximum absolute atomic E-state index is 13.8. The van der Waals surface area contributed by atoms with Gasteiger partial charge in [-0.1, -0.05) is 48.5 Å². The minimum Gasteiger partial charge on any atom is -0.356 e. The largest absolute Gasteiger partial charge is 0.356 e. The quantitative estimate of drug-likeness (QED) is 0.751. The number of benzene rings is 2. The van der Waals surface area contributed by atoms with E-state index in [1.54, 1.807) is 11.9 Å². The van der Waals surface area contributed by atoms with E-state index in [4.69, 9.17) is 0 Å². The Morgan fingerprint density at radius 3 is 2.57 bits per heavy atom. The number of nitrogens with zero attached hydrogens (tertiary/aromatic N) is 2. The number of amides is 2. The van der Waals surface area contributed by atoms with Crippen molar-refractivity contribution in [1.29, 1.82) is 0 Å². The fraction of sp³-hybridized carbons (Fsp3) is 0.304. The van der Waals surface area contributed by atoms with Gasteiger partial charge in [0.2, 0.25) is 5.91 Å². The summed E-state index contributed by atoms with van der Waals surface area (Å²) in [5, 5.41) is 1.14. The average molecular weight is 373 g/mol. The van der Waals surface area contributed by atoms with Gasteiger partial charge in [-0.2, -0.15) is 0 Å². The molecule has 2 aliphatic heterocycles. The molecule has 3 heterocycles. The number of nitrogens with one attached hydrogen (secondary N) is 1. The molecule has 2 atom stereocenters. The number of likely N-dealkylation sites (N-methyl/N-ethyl adjacent to an activating group) is 1. The minimum absolute atomic E-state index is 0.0161. The van der Waals surface area contributed by atoms with Crippen LogP contribution in [0.3, 0.4) is 0 Å². The molecule has 2 aromatic carbocycles. The monoisotopic (exact) mass is 373 g/mol.